The maximum atomic E-state index is 11.6. The van der Waals surface area contributed by atoms with E-state index >= 15 is 0 Å². The Labute approximate surface area is 108 Å². The van der Waals surface area contributed by atoms with Gasteiger partial charge in [0.05, 0.1) is 6.10 Å². The maximum Gasteiger partial charge on any atom is 0.334 e. The number of esters is 1. The van der Waals surface area contributed by atoms with Gasteiger partial charge in [0.25, 0.3) is 0 Å². The molecule has 18 heavy (non-hydrogen) atoms. The van der Waals surface area contributed by atoms with Gasteiger partial charge in [-0.25, -0.2) is 4.79 Å². The molecule has 0 radical (unpaired) electrons. The average molecular weight is 248 g/mol. The van der Waals surface area contributed by atoms with Crippen LogP contribution in [0.4, 0.5) is 0 Å². The summed E-state index contributed by atoms with van der Waals surface area (Å²) >= 11 is 0. The fourth-order valence-corrected chi connectivity index (χ4v) is 3.82. The van der Waals surface area contributed by atoms with Gasteiger partial charge in [-0.15, -0.1) is 0 Å². The molecule has 0 unspecified atom stereocenters. The lowest BCUT2D eigenvalue weighted by molar-refractivity contribution is -0.137. The summed E-state index contributed by atoms with van der Waals surface area (Å²) in [6, 6.07) is 0. The number of aliphatic hydroxyl groups excluding tert-OH is 1. The summed E-state index contributed by atoms with van der Waals surface area (Å²) in [5, 5.41) is 10.1. The highest BCUT2D eigenvalue weighted by Crippen LogP contribution is 2.54. The molecule has 0 aromatic carbocycles. The minimum absolute atomic E-state index is 0.0181. The van der Waals surface area contributed by atoms with E-state index < -0.39 is 0 Å². The van der Waals surface area contributed by atoms with Gasteiger partial charge < -0.3 is 9.84 Å². The van der Waals surface area contributed by atoms with Gasteiger partial charge in [-0.2, -0.15) is 0 Å². The van der Waals surface area contributed by atoms with E-state index in [1.165, 1.54) is 5.57 Å². The molecule has 0 amide bonds. The van der Waals surface area contributed by atoms with Crippen LogP contribution in [0.3, 0.4) is 0 Å². The standard InChI is InChI=1S/C15H20O3/c1-8-11-7-15(3)9(2)12(16)5-4-10(15)6-13(11)18-14(8)17/h6,9,11-13,16H,1,4-5,7H2,2-3H3/t9-,11+,12-,13-,15+/m0/s1. The first-order chi connectivity index (χ1) is 8.43. The first kappa shape index (κ1) is 12.0. The molecule has 0 aromatic heterocycles. The summed E-state index contributed by atoms with van der Waals surface area (Å²) in [7, 11) is 0. The monoisotopic (exact) mass is 248 g/mol. The van der Waals surface area contributed by atoms with Crippen molar-refractivity contribution in [2.45, 2.75) is 45.3 Å². The van der Waals surface area contributed by atoms with Crippen LogP contribution in [0.5, 0.6) is 0 Å². The molecule has 0 spiro atoms. The summed E-state index contributed by atoms with van der Waals surface area (Å²) in [6.07, 6.45) is 4.36. The van der Waals surface area contributed by atoms with Crippen molar-refractivity contribution < 1.29 is 14.6 Å². The fourth-order valence-electron chi connectivity index (χ4n) is 3.82. The Balaban J connectivity index is 1.99. The number of hydrogen-bond donors (Lipinski definition) is 1. The van der Waals surface area contributed by atoms with E-state index in [0.29, 0.717) is 5.57 Å². The number of carbonyl (C=O) groups excluding carboxylic acids is 1. The first-order valence-electron chi connectivity index (χ1n) is 6.72. The summed E-state index contributed by atoms with van der Waals surface area (Å²) < 4.78 is 5.36. The molecule has 3 nitrogen and oxygen atoms in total. The molecule has 3 heteroatoms. The number of hydrogen-bond acceptors (Lipinski definition) is 3. The fraction of sp³-hybridized carbons (Fsp3) is 0.667. The molecule has 3 aliphatic rings. The number of aliphatic hydroxyl groups is 1. The Bertz CT molecular complexity index is 451. The molecule has 1 saturated heterocycles. The zero-order valence-electron chi connectivity index (χ0n) is 11.0. The summed E-state index contributed by atoms with van der Waals surface area (Å²) in [4.78, 5) is 11.6. The second-order valence-electron chi connectivity index (χ2n) is 6.21. The normalized spacial score (nSPS) is 47.2. The quantitative estimate of drug-likeness (QED) is 0.406. The van der Waals surface area contributed by atoms with Crippen molar-refractivity contribution in [3.05, 3.63) is 23.8 Å². The van der Waals surface area contributed by atoms with Crippen molar-refractivity contribution in [3.8, 4) is 0 Å². The van der Waals surface area contributed by atoms with Gasteiger partial charge in [0, 0.05) is 11.5 Å². The van der Waals surface area contributed by atoms with E-state index in [4.69, 9.17) is 4.74 Å². The second kappa shape index (κ2) is 3.70. The molecule has 98 valence electrons. The molecular formula is C15H20O3. The Morgan fingerprint density at radius 1 is 1.56 bits per heavy atom. The predicted molar refractivity (Wildman–Crippen MR) is 67.7 cm³/mol. The molecule has 2 aliphatic carbocycles. The van der Waals surface area contributed by atoms with E-state index in [9.17, 15) is 9.90 Å². The summed E-state index contributed by atoms with van der Waals surface area (Å²) in [5.74, 6) is 0.0678. The van der Waals surface area contributed by atoms with Crippen LogP contribution >= 0.6 is 0 Å². The van der Waals surface area contributed by atoms with Crippen molar-refractivity contribution in [2.75, 3.05) is 0 Å². The van der Waals surface area contributed by atoms with E-state index in [0.717, 1.165) is 19.3 Å². The minimum atomic E-state index is -0.253. The molecule has 5 atom stereocenters. The van der Waals surface area contributed by atoms with Crippen LogP contribution in [-0.4, -0.2) is 23.3 Å². The summed E-state index contributed by atoms with van der Waals surface area (Å²) in [5.41, 5.74) is 1.93. The predicted octanol–water partition coefficient (Wildman–Crippen LogP) is 2.21. The van der Waals surface area contributed by atoms with E-state index in [1.54, 1.807) is 0 Å². The van der Waals surface area contributed by atoms with E-state index in [1.807, 2.05) is 0 Å². The van der Waals surface area contributed by atoms with Gasteiger partial charge in [-0.3, -0.25) is 0 Å². The Morgan fingerprint density at radius 2 is 2.28 bits per heavy atom. The topological polar surface area (TPSA) is 46.5 Å². The van der Waals surface area contributed by atoms with Crippen LogP contribution in [0.1, 0.15) is 33.1 Å². The second-order valence-corrected chi connectivity index (χ2v) is 6.21. The smallest absolute Gasteiger partial charge is 0.334 e. The first-order valence-corrected chi connectivity index (χ1v) is 6.72. The third kappa shape index (κ3) is 1.43. The van der Waals surface area contributed by atoms with Crippen LogP contribution < -0.4 is 0 Å². The Kier molecular flexibility index (Phi) is 2.46. The van der Waals surface area contributed by atoms with Gasteiger partial charge in [0.1, 0.15) is 6.10 Å². The van der Waals surface area contributed by atoms with E-state index in [2.05, 4.69) is 26.5 Å². The van der Waals surface area contributed by atoms with Crippen molar-refractivity contribution in [1.29, 1.82) is 0 Å². The van der Waals surface area contributed by atoms with Crippen LogP contribution in [-0.2, 0) is 9.53 Å². The van der Waals surface area contributed by atoms with Gasteiger partial charge in [0.15, 0.2) is 0 Å². The van der Waals surface area contributed by atoms with Gasteiger partial charge in [-0.05, 0) is 36.7 Å². The average Bonchev–Trinajstić information content (AvgIpc) is 2.60. The highest BCUT2D eigenvalue weighted by Gasteiger charge is 2.51. The molecule has 1 saturated carbocycles. The van der Waals surface area contributed by atoms with Crippen molar-refractivity contribution >= 4 is 5.97 Å². The number of carbonyl (C=O) groups is 1. The third-order valence-corrected chi connectivity index (χ3v) is 5.38. The molecular weight excluding hydrogens is 228 g/mol. The van der Waals surface area contributed by atoms with Crippen molar-refractivity contribution in [3.63, 3.8) is 0 Å². The maximum absolute atomic E-state index is 11.6. The molecule has 0 bridgehead atoms. The van der Waals surface area contributed by atoms with Crippen LogP contribution in [0.2, 0.25) is 0 Å². The van der Waals surface area contributed by atoms with Crippen molar-refractivity contribution in [1.82, 2.24) is 0 Å². The third-order valence-electron chi connectivity index (χ3n) is 5.38. The highest BCUT2D eigenvalue weighted by atomic mass is 16.5. The molecule has 2 fully saturated rings. The lowest BCUT2D eigenvalue weighted by Crippen LogP contribution is -2.45. The number of allylic oxidation sites excluding steroid dienone is 1. The molecule has 1 heterocycles. The Hall–Kier alpha value is -1.09. The highest BCUT2D eigenvalue weighted by molar-refractivity contribution is 5.91. The van der Waals surface area contributed by atoms with Gasteiger partial charge >= 0.3 is 5.97 Å². The molecule has 1 N–H and O–H groups in total. The zero-order valence-corrected chi connectivity index (χ0v) is 11.0. The van der Waals surface area contributed by atoms with Crippen LogP contribution in [0, 0.1) is 17.3 Å². The van der Waals surface area contributed by atoms with Crippen LogP contribution in [0.25, 0.3) is 0 Å². The van der Waals surface area contributed by atoms with E-state index in [-0.39, 0.29) is 35.4 Å². The number of rotatable bonds is 0. The minimum Gasteiger partial charge on any atom is -0.454 e. The summed E-state index contributed by atoms with van der Waals surface area (Å²) in [6.45, 7) is 8.18. The number of fused-ring (bicyclic) bond motifs is 2. The molecule has 3 rings (SSSR count). The Morgan fingerprint density at radius 3 is 3.00 bits per heavy atom. The SMILES string of the molecule is C=C1C(=O)O[C@H]2C=C3CC[C@H](O)[C@H](C)[C@@]3(C)C[C@H]12. The largest absolute Gasteiger partial charge is 0.454 e. The van der Waals surface area contributed by atoms with Crippen LogP contribution in [0.15, 0.2) is 23.8 Å². The lowest BCUT2D eigenvalue weighted by Gasteiger charge is -2.49. The molecule has 0 aromatic rings. The molecule has 1 aliphatic heterocycles. The van der Waals surface area contributed by atoms with Crippen molar-refractivity contribution in [2.24, 2.45) is 17.3 Å². The lowest BCUT2D eigenvalue weighted by atomic mass is 9.57. The van der Waals surface area contributed by atoms with Gasteiger partial charge in [0.2, 0.25) is 0 Å². The van der Waals surface area contributed by atoms with Gasteiger partial charge in [-0.1, -0.05) is 26.0 Å². The zero-order chi connectivity index (χ0) is 13.1. The number of ether oxygens (including phenoxy) is 1.